The molecule has 6 heterocycles. The van der Waals surface area contributed by atoms with Gasteiger partial charge in [-0.2, -0.15) is 0 Å². The molecule has 3 aromatic heterocycles. The highest BCUT2D eigenvalue weighted by molar-refractivity contribution is 7.19. The summed E-state index contributed by atoms with van der Waals surface area (Å²) in [4.78, 5) is 25.4. The molecular formula is C31H41N7OS. The molecule has 8 nitrogen and oxygen atoms in total. The van der Waals surface area contributed by atoms with E-state index < -0.39 is 0 Å². The van der Waals surface area contributed by atoms with Crippen LogP contribution >= 0.6 is 11.3 Å². The molecule has 212 valence electrons. The van der Waals surface area contributed by atoms with Gasteiger partial charge in [0.1, 0.15) is 0 Å². The van der Waals surface area contributed by atoms with E-state index >= 15 is 0 Å². The number of anilines is 1. The quantitative estimate of drug-likeness (QED) is 0.337. The minimum Gasteiger partial charge on any atom is -0.378 e. The molecule has 0 bridgehead atoms. The SMILES string of the molecule is c1cc(-c2nc(N3CCOCC3)c3sc(CN4CCN(CCCN5CCCCC5)CC4)cc3n2)c2cc[nH]c2c1. The number of ether oxygens (including phenoxy) is 1. The van der Waals surface area contributed by atoms with Crippen LogP contribution in [0.15, 0.2) is 36.5 Å². The Morgan fingerprint density at radius 2 is 1.60 bits per heavy atom. The van der Waals surface area contributed by atoms with Gasteiger partial charge >= 0.3 is 0 Å². The van der Waals surface area contributed by atoms with Crippen LogP contribution in [0.2, 0.25) is 0 Å². The Morgan fingerprint density at radius 3 is 2.42 bits per heavy atom. The van der Waals surface area contributed by atoms with Crippen molar-refractivity contribution < 1.29 is 4.74 Å². The van der Waals surface area contributed by atoms with Crippen molar-refractivity contribution in [1.82, 2.24) is 29.7 Å². The lowest BCUT2D eigenvalue weighted by atomic mass is 10.1. The summed E-state index contributed by atoms with van der Waals surface area (Å²) < 4.78 is 6.87. The molecule has 0 saturated carbocycles. The minimum atomic E-state index is 0.745. The van der Waals surface area contributed by atoms with Crippen molar-refractivity contribution in [3.05, 3.63) is 41.4 Å². The highest BCUT2D eigenvalue weighted by Gasteiger charge is 2.23. The van der Waals surface area contributed by atoms with E-state index in [0.717, 1.165) is 74.2 Å². The Bertz CT molecular complexity index is 1410. The van der Waals surface area contributed by atoms with Crippen LogP contribution in [0, 0.1) is 0 Å². The molecule has 0 amide bonds. The molecule has 4 aromatic rings. The lowest BCUT2D eigenvalue weighted by Crippen LogP contribution is -2.46. The number of hydrogen-bond acceptors (Lipinski definition) is 8. The van der Waals surface area contributed by atoms with Crippen LogP contribution in [-0.2, 0) is 11.3 Å². The van der Waals surface area contributed by atoms with Crippen molar-refractivity contribution in [2.24, 2.45) is 0 Å². The molecule has 3 fully saturated rings. The van der Waals surface area contributed by atoms with Gasteiger partial charge in [-0.3, -0.25) is 4.90 Å². The van der Waals surface area contributed by atoms with E-state index in [9.17, 15) is 0 Å². The first-order valence-corrected chi connectivity index (χ1v) is 16.0. The van der Waals surface area contributed by atoms with Crippen LogP contribution < -0.4 is 4.90 Å². The van der Waals surface area contributed by atoms with Gasteiger partial charge < -0.3 is 24.4 Å². The first-order valence-electron chi connectivity index (χ1n) is 15.2. The number of piperidine rings is 1. The molecule has 0 unspecified atom stereocenters. The summed E-state index contributed by atoms with van der Waals surface area (Å²) in [6.07, 6.45) is 7.50. The number of benzene rings is 1. The summed E-state index contributed by atoms with van der Waals surface area (Å²) in [6.45, 7) is 14.0. The van der Waals surface area contributed by atoms with Crippen molar-refractivity contribution in [2.45, 2.75) is 32.2 Å². The van der Waals surface area contributed by atoms with Gasteiger partial charge in [0.25, 0.3) is 0 Å². The number of thiophene rings is 1. The average Bonchev–Trinajstić information content (AvgIpc) is 3.65. The zero-order valence-electron chi connectivity index (χ0n) is 23.5. The van der Waals surface area contributed by atoms with E-state index in [1.165, 1.54) is 79.9 Å². The standard InChI is InChI=1S/C31H41N7OS/c1-2-10-35(11-3-1)12-5-13-36-14-16-37(17-15-36)23-24-22-28-29(40-24)31(38-18-20-39-21-19-38)34-30(33-28)26-6-4-7-27-25(26)8-9-32-27/h4,6-9,22,32H,1-3,5,10-21,23H2. The predicted octanol–water partition coefficient (Wildman–Crippen LogP) is 4.67. The average molecular weight is 560 g/mol. The molecule has 9 heteroatoms. The third-order valence-corrected chi connectivity index (χ3v) is 9.90. The molecule has 7 rings (SSSR count). The minimum absolute atomic E-state index is 0.745. The Balaban J connectivity index is 1.06. The molecule has 0 atom stereocenters. The van der Waals surface area contributed by atoms with Gasteiger partial charge in [0.15, 0.2) is 11.6 Å². The first kappa shape index (κ1) is 26.3. The normalized spacial score (nSPS) is 20.1. The zero-order chi connectivity index (χ0) is 26.7. The van der Waals surface area contributed by atoms with Gasteiger partial charge in [0.2, 0.25) is 0 Å². The highest BCUT2D eigenvalue weighted by Crippen LogP contribution is 2.36. The summed E-state index contributed by atoms with van der Waals surface area (Å²) in [7, 11) is 0. The van der Waals surface area contributed by atoms with Gasteiger partial charge in [-0.05, 0) is 63.6 Å². The van der Waals surface area contributed by atoms with E-state index in [4.69, 9.17) is 14.7 Å². The number of hydrogen-bond donors (Lipinski definition) is 1. The Hall–Kier alpha value is -2.56. The maximum absolute atomic E-state index is 5.67. The van der Waals surface area contributed by atoms with Crippen molar-refractivity contribution >= 4 is 38.3 Å². The van der Waals surface area contributed by atoms with Crippen LogP contribution in [0.4, 0.5) is 5.82 Å². The number of aromatic amines is 1. The molecule has 3 aliphatic rings. The van der Waals surface area contributed by atoms with Crippen LogP contribution in [0.1, 0.15) is 30.6 Å². The molecule has 40 heavy (non-hydrogen) atoms. The Labute approximate surface area is 240 Å². The predicted molar refractivity (Wildman–Crippen MR) is 164 cm³/mol. The maximum atomic E-state index is 5.67. The van der Waals surface area contributed by atoms with E-state index in [0.29, 0.717) is 0 Å². The summed E-state index contributed by atoms with van der Waals surface area (Å²) in [6, 6.07) is 10.8. The van der Waals surface area contributed by atoms with Crippen molar-refractivity contribution in [1.29, 1.82) is 0 Å². The zero-order valence-corrected chi connectivity index (χ0v) is 24.3. The van der Waals surface area contributed by atoms with Crippen molar-refractivity contribution in [2.75, 3.05) is 83.6 Å². The Morgan fingerprint density at radius 1 is 0.825 bits per heavy atom. The second kappa shape index (κ2) is 12.1. The van der Waals surface area contributed by atoms with Gasteiger partial charge in [0.05, 0.1) is 23.4 Å². The maximum Gasteiger partial charge on any atom is 0.162 e. The van der Waals surface area contributed by atoms with Crippen LogP contribution in [0.3, 0.4) is 0 Å². The van der Waals surface area contributed by atoms with Gasteiger partial charge in [-0.25, -0.2) is 9.97 Å². The summed E-state index contributed by atoms with van der Waals surface area (Å²) in [5.74, 6) is 1.87. The summed E-state index contributed by atoms with van der Waals surface area (Å²) >= 11 is 1.88. The number of nitrogens with one attached hydrogen (secondary N) is 1. The Kier molecular flexibility index (Phi) is 7.99. The number of fused-ring (bicyclic) bond motifs is 2. The number of morpholine rings is 1. The first-order chi connectivity index (χ1) is 19.8. The summed E-state index contributed by atoms with van der Waals surface area (Å²) in [5.41, 5.74) is 3.26. The van der Waals surface area contributed by atoms with E-state index in [1.54, 1.807) is 0 Å². The third kappa shape index (κ3) is 5.76. The molecule has 0 aliphatic carbocycles. The van der Waals surface area contributed by atoms with E-state index in [2.05, 4.69) is 54.9 Å². The van der Waals surface area contributed by atoms with Crippen molar-refractivity contribution in [3.8, 4) is 11.4 Å². The summed E-state index contributed by atoms with van der Waals surface area (Å²) in [5, 5.41) is 1.17. The molecule has 0 radical (unpaired) electrons. The number of likely N-dealkylation sites (tertiary alicyclic amines) is 1. The number of nitrogens with zero attached hydrogens (tertiary/aromatic N) is 6. The van der Waals surface area contributed by atoms with Crippen LogP contribution in [0.5, 0.6) is 0 Å². The number of aromatic nitrogens is 3. The second-order valence-electron chi connectivity index (χ2n) is 11.5. The lowest BCUT2D eigenvalue weighted by Gasteiger charge is -2.35. The fraction of sp³-hybridized carbons (Fsp3) is 0.548. The number of H-pyrrole nitrogens is 1. The van der Waals surface area contributed by atoms with E-state index in [-0.39, 0.29) is 0 Å². The smallest absolute Gasteiger partial charge is 0.162 e. The topological polar surface area (TPSA) is 63.8 Å². The molecule has 1 aromatic carbocycles. The monoisotopic (exact) mass is 559 g/mol. The molecule has 1 N–H and O–H groups in total. The van der Waals surface area contributed by atoms with Crippen LogP contribution in [-0.4, -0.2) is 108 Å². The highest BCUT2D eigenvalue weighted by atomic mass is 32.1. The fourth-order valence-electron chi connectivity index (χ4n) is 6.52. The lowest BCUT2D eigenvalue weighted by molar-refractivity contribution is 0.121. The molecular weight excluding hydrogens is 518 g/mol. The van der Waals surface area contributed by atoms with Crippen LogP contribution in [0.25, 0.3) is 32.5 Å². The van der Waals surface area contributed by atoms with Gasteiger partial charge in [-0.15, -0.1) is 11.3 Å². The number of piperazine rings is 1. The van der Waals surface area contributed by atoms with Gasteiger partial charge in [0, 0.05) is 73.4 Å². The van der Waals surface area contributed by atoms with E-state index in [1.807, 2.05) is 17.5 Å². The largest absolute Gasteiger partial charge is 0.378 e. The molecule has 3 saturated heterocycles. The van der Waals surface area contributed by atoms with Crippen molar-refractivity contribution in [3.63, 3.8) is 0 Å². The fourth-order valence-corrected chi connectivity index (χ4v) is 7.68. The molecule has 0 spiro atoms. The molecule has 3 aliphatic heterocycles. The third-order valence-electron chi connectivity index (χ3n) is 8.79. The second-order valence-corrected chi connectivity index (χ2v) is 12.7. The number of rotatable bonds is 8. The van der Waals surface area contributed by atoms with Gasteiger partial charge in [-0.1, -0.05) is 18.6 Å².